The van der Waals surface area contributed by atoms with Crippen LogP contribution >= 0.6 is 11.3 Å². The smallest absolute Gasteiger partial charge is 0.364 e. The number of alkyl halides is 3. The SMILES string of the molecule is NC(=O)c1csc(CNC(=O)c2ccc(C(F)(F)F)cc2[N+](=O)[O-])n1. The third-order valence-electron chi connectivity index (χ3n) is 2.97. The van der Waals surface area contributed by atoms with E-state index in [4.69, 9.17) is 5.73 Å². The van der Waals surface area contributed by atoms with E-state index in [2.05, 4.69) is 10.3 Å². The van der Waals surface area contributed by atoms with Crippen molar-refractivity contribution in [1.29, 1.82) is 0 Å². The number of carbonyl (C=O) groups is 2. The van der Waals surface area contributed by atoms with Gasteiger partial charge in [-0.1, -0.05) is 0 Å². The van der Waals surface area contributed by atoms with E-state index in [-0.39, 0.29) is 12.2 Å². The zero-order valence-electron chi connectivity index (χ0n) is 12.2. The first kappa shape index (κ1) is 18.3. The summed E-state index contributed by atoms with van der Waals surface area (Å²) in [4.78, 5) is 36.7. The number of hydrogen-bond acceptors (Lipinski definition) is 6. The minimum atomic E-state index is -4.77. The van der Waals surface area contributed by atoms with Gasteiger partial charge in [-0.05, 0) is 12.1 Å². The Morgan fingerprint density at radius 1 is 1.36 bits per heavy atom. The van der Waals surface area contributed by atoms with Crippen molar-refractivity contribution in [2.45, 2.75) is 12.7 Å². The summed E-state index contributed by atoms with van der Waals surface area (Å²) < 4.78 is 37.9. The van der Waals surface area contributed by atoms with Crippen LogP contribution in [0.15, 0.2) is 23.6 Å². The minimum Gasteiger partial charge on any atom is -0.364 e. The van der Waals surface area contributed by atoms with E-state index in [0.717, 1.165) is 17.4 Å². The third kappa shape index (κ3) is 4.29. The van der Waals surface area contributed by atoms with Crippen LogP contribution in [0.2, 0.25) is 0 Å². The summed E-state index contributed by atoms with van der Waals surface area (Å²) in [5, 5.41) is 14.9. The number of nitro groups is 1. The molecule has 132 valence electrons. The highest BCUT2D eigenvalue weighted by molar-refractivity contribution is 7.09. The Balaban J connectivity index is 2.20. The number of amides is 2. The third-order valence-corrected chi connectivity index (χ3v) is 3.82. The zero-order chi connectivity index (χ0) is 18.8. The lowest BCUT2D eigenvalue weighted by atomic mass is 10.1. The number of hydrogen-bond donors (Lipinski definition) is 2. The van der Waals surface area contributed by atoms with Gasteiger partial charge >= 0.3 is 6.18 Å². The van der Waals surface area contributed by atoms with Crippen molar-refractivity contribution in [2.75, 3.05) is 0 Å². The molecule has 8 nitrogen and oxygen atoms in total. The highest BCUT2D eigenvalue weighted by atomic mass is 32.1. The molecule has 2 aromatic rings. The maximum absolute atomic E-state index is 12.6. The fourth-order valence-electron chi connectivity index (χ4n) is 1.81. The molecule has 1 aromatic heterocycles. The van der Waals surface area contributed by atoms with Gasteiger partial charge in [-0.3, -0.25) is 19.7 Å². The van der Waals surface area contributed by atoms with E-state index in [9.17, 15) is 32.9 Å². The monoisotopic (exact) mass is 374 g/mol. The summed E-state index contributed by atoms with van der Waals surface area (Å²) >= 11 is 1.02. The van der Waals surface area contributed by atoms with Crippen LogP contribution in [0.4, 0.5) is 18.9 Å². The van der Waals surface area contributed by atoms with Gasteiger partial charge in [0.05, 0.1) is 17.0 Å². The van der Waals surface area contributed by atoms with Crippen molar-refractivity contribution in [1.82, 2.24) is 10.3 Å². The zero-order valence-corrected chi connectivity index (χ0v) is 13.0. The number of nitrogens with zero attached hydrogens (tertiary/aromatic N) is 2. The number of carbonyl (C=O) groups excluding carboxylic acids is 2. The molecule has 1 aromatic carbocycles. The van der Waals surface area contributed by atoms with Crippen LogP contribution in [0.1, 0.15) is 31.4 Å². The topological polar surface area (TPSA) is 128 Å². The van der Waals surface area contributed by atoms with Crippen molar-refractivity contribution < 1.29 is 27.7 Å². The Labute approximate surface area is 141 Å². The summed E-state index contributed by atoms with van der Waals surface area (Å²) in [6, 6.07) is 1.60. The number of halogens is 3. The fraction of sp³-hybridized carbons (Fsp3) is 0.154. The molecular weight excluding hydrogens is 365 g/mol. The lowest BCUT2D eigenvalue weighted by Crippen LogP contribution is -2.24. The Bertz CT molecular complexity index is 850. The van der Waals surface area contributed by atoms with Crippen LogP contribution < -0.4 is 11.1 Å². The van der Waals surface area contributed by atoms with E-state index < -0.39 is 39.7 Å². The molecule has 0 saturated heterocycles. The molecule has 0 aliphatic carbocycles. The van der Waals surface area contributed by atoms with Crippen LogP contribution in [-0.4, -0.2) is 21.7 Å². The number of aromatic nitrogens is 1. The molecule has 0 bridgehead atoms. The molecule has 0 spiro atoms. The van der Waals surface area contributed by atoms with E-state index in [1.165, 1.54) is 5.38 Å². The molecule has 0 radical (unpaired) electrons. The van der Waals surface area contributed by atoms with Gasteiger partial charge in [-0.2, -0.15) is 13.2 Å². The number of nitrogens with two attached hydrogens (primary N) is 1. The van der Waals surface area contributed by atoms with Gasteiger partial charge in [-0.25, -0.2) is 4.98 Å². The van der Waals surface area contributed by atoms with Crippen LogP contribution in [0.5, 0.6) is 0 Å². The predicted octanol–water partition coefficient (Wildman–Crippen LogP) is 2.10. The lowest BCUT2D eigenvalue weighted by Gasteiger charge is -2.09. The lowest BCUT2D eigenvalue weighted by molar-refractivity contribution is -0.385. The molecule has 12 heteroatoms. The summed E-state index contributed by atoms with van der Waals surface area (Å²) in [5.74, 6) is -1.71. The number of thiazole rings is 1. The normalized spacial score (nSPS) is 11.2. The molecule has 3 N–H and O–H groups in total. The first-order valence-electron chi connectivity index (χ1n) is 6.47. The van der Waals surface area contributed by atoms with Crippen LogP contribution in [0.25, 0.3) is 0 Å². The molecule has 2 rings (SSSR count). The molecule has 0 atom stereocenters. The van der Waals surface area contributed by atoms with Crippen molar-refractivity contribution in [3.05, 3.63) is 55.5 Å². The van der Waals surface area contributed by atoms with Gasteiger partial charge in [0, 0.05) is 11.4 Å². The number of rotatable bonds is 5. The van der Waals surface area contributed by atoms with E-state index in [1.54, 1.807) is 0 Å². The van der Waals surface area contributed by atoms with Gasteiger partial charge in [0.25, 0.3) is 17.5 Å². The molecular formula is C13H9F3N4O4S. The second kappa shape index (κ2) is 6.84. The first-order valence-corrected chi connectivity index (χ1v) is 7.35. The maximum Gasteiger partial charge on any atom is 0.416 e. The van der Waals surface area contributed by atoms with Crippen molar-refractivity contribution >= 4 is 28.8 Å². The number of primary amides is 1. The van der Waals surface area contributed by atoms with Gasteiger partial charge < -0.3 is 11.1 Å². The molecule has 0 saturated carbocycles. The number of benzene rings is 1. The van der Waals surface area contributed by atoms with Crippen LogP contribution in [0, 0.1) is 10.1 Å². The fourth-order valence-corrected chi connectivity index (χ4v) is 2.53. The van der Waals surface area contributed by atoms with Gasteiger partial charge in [-0.15, -0.1) is 11.3 Å². The molecule has 0 aliphatic heterocycles. The molecule has 0 fully saturated rings. The van der Waals surface area contributed by atoms with E-state index in [1.807, 2.05) is 0 Å². The Hall–Kier alpha value is -3.02. The Morgan fingerprint density at radius 3 is 2.56 bits per heavy atom. The molecule has 2 amide bonds. The molecule has 25 heavy (non-hydrogen) atoms. The quantitative estimate of drug-likeness (QED) is 0.612. The van der Waals surface area contributed by atoms with Gasteiger partial charge in [0.1, 0.15) is 16.3 Å². The van der Waals surface area contributed by atoms with E-state index in [0.29, 0.717) is 17.1 Å². The Kier molecular flexibility index (Phi) is 5.02. The predicted molar refractivity (Wildman–Crippen MR) is 79.9 cm³/mol. The van der Waals surface area contributed by atoms with Crippen molar-refractivity contribution in [2.24, 2.45) is 5.73 Å². The standard InChI is InChI=1S/C13H9F3N4O4S/c14-13(15,16)6-1-2-7(9(3-6)20(23)24)12(22)18-4-10-19-8(5-25-10)11(17)21/h1-3,5H,4H2,(H2,17,21)(H,18,22). The highest BCUT2D eigenvalue weighted by Gasteiger charge is 2.34. The summed E-state index contributed by atoms with van der Waals surface area (Å²) in [5.41, 5.74) is 2.30. The van der Waals surface area contributed by atoms with Crippen molar-refractivity contribution in [3.63, 3.8) is 0 Å². The molecule has 0 aliphatic rings. The maximum atomic E-state index is 12.6. The first-order chi connectivity index (χ1) is 11.6. The average Bonchev–Trinajstić information content (AvgIpc) is 3.00. The minimum absolute atomic E-state index is 0.00485. The number of nitro benzene ring substituents is 1. The molecule has 0 unspecified atom stereocenters. The highest BCUT2D eigenvalue weighted by Crippen LogP contribution is 2.33. The van der Waals surface area contributed by atoms with Crippen LogP contribution in [0.3, 0.4) is 0 Å². The number of nitrogens with one attached hydrogen (secondary N) is 1. The summed E-state index contributed by atoms with van der Waals surface area (Å²) in [7, 11) is 0. The largest absolute Gasteiger partial charge is 0.416 e. The van der Waals surface area contributed by atoms with Gasteiger partial charge in [0.15, 0.2) is 0 Å². The summed E-state index contributed by atoms with van der Waals surface area (Å²) in [6.07, 6.45) is -4.77. The second-order valence-electron chi connectivity index (χ2n) is 4.66. The molecule has 1 heterocycles. The van der Waals surface area contributed by atoms with Gasteiger partial charge in [0.2, 0.25) is 0 Å². The summed E-state index contributed by atoms with van der Waals surface area (Å²) in [6.45, 7) is -0.172. The van der Waals surface area contributed by atoms with Crippen molar-refractivity contribution in [3.8, 4) is 0 Å². The average molecular weight is 374 g/mol. The van der Waals surface area contributed by atoms with Crippen LogP contribution in [-0.2, 0) is 12.7 Å². The Morgan fingerprint density at radius 2 is 2.04 bits per heavy atom. The van der Waals surface area contributed by atoms with E-state index >= 15 is 0 Å². The second-order valence-corrected chi connectivity index (χ2v) is 5.60.